The summed E-state index contributed by atoms with van der Waals surface area (Å²) in [6.45, 7) is 1.81. The van der Waals surface area contributed by atoms with Crippen LogP contribution in [0.5, 0.6) is 0 Å². The van der Waals surface area contributed by atoms with E-state index in [1.165, 1.54) is 23.5 Å². The van der Waals surface area contributed by atoms with Crippen molar-refractivity contribution in [2.75, 3.05) is 0 Å². The Morgan fingerprint density at radius 3 is 2.44 bits per heavy atom. The Kier molecular flexibility index (Phi) is 4.05. The van der Waals surface area contributed by atoms with Crippen molar-refractivity contribution < 1.29 is 9.18 Å². The van der Waals surface area contributed by atoms with Crippen molar-refractivity contribution in [3.63, 3.8) is 0 Å². The van der Waals surface area contributed by atoms with Crippen molar-refractivity contribution in [3.8, 4) is 10.4 Å². The molecule has 0 aliphatic heterocycles. The van der Waals surface area contributed by atoms with Crippen LogP contribution in [0.4, 0.5) is 4.39 Å². The fourth-order valence-electron chi connectivity index (χ4n) is 1.51. The molecular formula is C13H9Cl2FOS. The highest BCUT2D eigenvalue weighted by Crippen LogP contribution is 2.34. The van der Waals surface area contributed by atoms with E-state index in [1.54, 1.807) is 6.07 Å². The monoisotopic (exact) mass is 302 g/mol. The van der Waals surface area contributed by atoms with Gasteiger partial charge in [0.1, 0.15) is 0 Å². The number of hydrogen-bond acceptors (Lipinski definition) is 2. The van der Waals surface area contributed by atoms with Gasteiger partial charge >= 0.3 is 0 Å². The first-order valence-electron chi connectivity index (χ1n) is 5.31. The van der Waals surface area contributed by atoms with E-state index in [2.05, 4.69) is 0 Å². The Bertz CT molecular complexity index is 584. The van der Waals surface area contributed by atoms with Crippen LogP contribution in [0, 0.1) is 5.82 Å². The van der Waals surface area contributed by atoms with Gasteiger partial charge in [-0.1, -0.05) is 30.1 Å². The van der Waals surface area contributed by atoms with Crippen LogP contribution < -0.4 is 0 Å². The predicted molar refractivity (Wildman–Crippen MR) is 74.4 cm³/mol. The van der Waals surface area contributed by atoms with E-state index in [-0.39, 0.29) is 15.8 Å². The molecule has 0 aliphatic rings. The summed E-state index contributed by atoms with van der Waals surface area (Å²) >= 11 is 12.8. The fraction of sp³-hybridized carbons (Fsp3) is 0.154. The molecule has 0 atom stereocenters. The molecule has 1 aromatic carbocycles. The fourth-order valence-corrected chi connectivity index (χ4v) is 3.00. The van der Waals surface area contributed by atoms with Crippen LogP contribution in [0.15, 0.2) is 24.3 Å². The third-order valence-electron chi connectivity index (χ3n) is 2.47. The summed E-state index contributed by atoms with van der Waals surface area (Å²) in [6.07, 6.45) is 0.463. The maximum absolute atomic E-state index is 13.3. The van der Waals surface area contributed by atoms with Crippen LogP contribution in [0.2, 0.25) is 10.0 Å². The van der Waals surface area contributed by atoms with Crippen LogP contribution in [0.3, 0.4) is 0 Å². The lowest BCUT2D eigenvalue weighted by molar-refractivity contribution is 0.0992. The minimum absolute atomic E-state index is 0.0192. The molecule has 0 saturated carbocycles. The van der Waals surface area contributed by atoms with E-state index < -0.39 is 5.82 Å². The Balaban J connectivity index is 2.43. The van der Waals surface area contributed by atoms with Crippen molar-refractivity contribution in [1.29, 1.82) is 0 Å². The van der Waals surface area contributed by atoms with E-state index in [0.717, 1.165) is 4.88 Å². The highest BCUT2D eigenvalue weighted by molar-refractivity contribution is 7.17. The minimum atomic E-state index is -0.622. The van der Waals surface area contributed by atoms with Gasteiger partial charge in [-0.05, 0) is 29.8 Å². The average molecular weight is 303 g/mol. The molecular weight excluding hydrogens is 294 g/mol. The first-order valence-corrected chi connectivity index (χ1v) is 6.88. The maximum Gasteiger partial charge on any atom is 0.172 e. The Morgan fingerprint density at radius 2 is 1.89 bits per heavy atom. The number of ketones is 1. The lowest BCUT2D eigenvalue weighted by Crippen LogP contribution is -1.90. The minimum Gasteiger partial charge on any atom is -0.293 e. The highest BCUT2D eigenvalue weighted by Gasteiger charge is 2.12. The van der Waals surface area contributed by atoms with Gasteiger partial charge in [0.15, 0.2) is 11.6 Å². The van der Waals surface area contributed by atoms with E-state index >= 15 is 0 Å². The number of halogens is 3. The number of Topliss-reactive ketones (excluding diaryl/α,β-unsaturated/α-hetero) is 1. The van der Waals surface area contributed by atoms with Crippen molar-refractivity contribution in [2.24, 2.45) is 0 Å². The maximum atomic E-state index is 13.3. The van der Waals surface area contributed by atoms with Gasteiger partial charge < -0.3 is 0 Å². The zero-order valence-corrected chi connectivity index (χ0v) is 11.8. The standard InChI is InChI=1S/C13H9Cl2FOS/c1-2-10(17)12-4-3-11(18-12)7-5-8(14)13(16)9(15)6-7/h3-6H,2H2,1H3. The number of carbonyl (C=O) groups is 1. The number of rotatable bonds is 3. The predicted octanol–water partition coefficient (Wildman–Crippen LogP) is 5.45. The van der Waals surface area contributed by atoms with Crippen molar-refractivity contribution in [3.05, 3.63) is 45.0 Å². The molecule has 94 valence electrons. The van der Waals surface area contributed by atoms with Crippen molar-refractivity contribution in [2.45, 2.75) is 13.3 Å². The first kappa shape index (κ1) is 13.5. The molecule has 0 fully saturated rings. The van der Waals surface area contributed by atoms with Gasteiger partial charge in [0.05, 0.1) is 14.9 Å². The summed E-state index contributed by atoms with van der Waals surface area (Å²) in [5, 5.41) is -0.0384. The molecule has 2 rings (SSSR count). The van der Waals surface area contributed by atoms with Crippen molar-refractivity contribution >= 4 is 40.3 Å². The zero-order valence-electron chi connectivity index (χ0n) is 9.47. The number of hydrogen-bond donors (Lipinski definition) is 0. The molecule has 0 N–H and O–H groups in total. The van der Waals surface area contributed by atoms with Gasteiger partial charge in [0.25, 0.3) is 0 Å². The Hall–Kier alpha value is -0.900. The van der Waals surface area contributed by atoms with Crippen LogP contribution in [-0.2, 0) is 0 Å². The molecule has 18 heavy (non-hydrogen) atoms. The Labute approximate surface area is 118 Å². The molecule has 2 aromatic rings. The molecule has 0 saturated heterocycles. The van der Waals surface area contributed by atoms with E-state index in [0.29, 0.717) is 16.9 Å². The van der Waals surface area contributed by atoms with Gasteiger partial charge in [-0.3, -0.25) is 4.79 Å². The summed E-state index contributed by atoms with van der Waals surface area (Å²) in [7, 11) is 0. The molecule has 0 unspecified atom stereocenters. The molecule has 1 nitrogen and oxygen atoms in total. The molecule has 0 amide bonds. The third kappa shape index (κ3) is 2.58. The smallest absolute Gasteiger partial charge is 0.172 e. The zero-order chi connectivity index (χ0) is 13.3. The van der Waals surface area contributed by atoms with Crippen LogP contribution in [0.1, 0.15) is 23.0 Å². The molecule has 1 aromatic heterocycles. The van der Waals surface area contributed by atoms with Gasteiger partial charge in [-0.25, -0.2) is 4.39 Å². The lowest BCUT2D eigenvalue weighted by Gasteiger charge is -2.02. The summed E-state index contributed by atoms with van der Waals surface area (Å²) in [6, 6.07) is 6.59. The second-order valence-corrected chi connectivity index (χ2v) is 5.59. The van der Waals surface area contributed by atoms with Crippen LogP contribution >= 0.6 is 34.5 Å². The summed E-state index contributed by atoms with van der Waals surface area (Å²) < 4.78 is 13.3. The van der Waals surface area contributed by atoms with Gasteiger partial charge in [-0.15, -0.1) is 11.3 Å². The SMILES string of the molecule is CCC(=O)c1ccc(-c2cc(Cl)c(F)c(Cl)c2)s1. The van der Waals surface area contributed by atoms with Gasteiger partial charge in [0.2, 0.25) is 0 Å². The number of benzene rings is 1. The van der Waals surface area contributed by atoms with E-state index in [4.69, 9.17) is 23.2 Å². The van der Waals surface area contributed by atoms with E-state index in [1.807, 2.05) is 13.0 Å². The average Bonchev–Trinajstić information content (AvgIpc) is 2.84. The lowest BCUT2D eigenvalue weighted by atomic mass is 10.2. The largest absolute Gasteiger partial charge is 0.293 e. The second-order valence-electron chi connectivity index (χ2n) is 3.69. The van der Waals surface area contributed by atoms with Crippen molar-refractivity contribution in [1.82, 2.24) is 0 Å². The summed E-state index contributed by atoms with van der Waals surface area (Å²) in [4.78, 5) is 13.1. The highest BCUT2D eigenvalue weighted by atomic mass is 35.5. The molecule has 1 heterocycles. The first-order chi connectivity index (χ1) is 8.52. The normalized spacial score (nSPS) is 10.7. The number of thiophene rings is 1. The molecule has 0 bridgehead atoms. The third-order valence-corrected chi connectivity index (χ3v) is 4.20. The Morgan fingerprint density at radius 1 is 1.28 bits per heavy atom. The van der Waals surface area contributed by atoms with E-state index in [9.17, 15) is 9.18 Å². The molecule has 0 aliphatic carbocycles. The quantitative estimate of drug-likeness (QED) is 0.544. The van der Waals surface area contributed by atoms with Crippen LogP contribution in [-0.4, -0.2) is 5.78 Å². The van der Waals surface area contributed by atoms with Crippen LogP contribution in [0.25, 0.3) is 10.4 Å². The number of carbonyl (C=O) groups excluding carboxylic acids is 1. The summed E-state index contributed by atoms with van der Waals surface area (Å²) in [5.74, 6) is -0.533. The molecule has 5 heteroatoms. The topological polar surface area (TPSA) is 17.1 Å². The molecule has 0 radical (unpaired) electrons. The summed E-state index contributed by atoms with van der Waals surface area (Å²) in [5.41, 5.74) is 0.714. The molecule has 0 spiro atoms. The van der Waals surface area contributed by atoms with Gasteiger partial charge in [-0.2, -0.15) is 0 Å². The second kappa shape index (κ2) is 5.39. The van der Waals surface area contributed by atoms with Gasteiger partial charge in [0, 0.05) is 11.3 Å².